The molecule has 1 saturated carbocycles. The summed E-state index contributed by atoms with van der Waals surface area (Å²) in [6, 6.07) is 9.72. The summed E-state index contributed by atoms with van der Waals surface area (Å²) in [7, 11) is 0. The first kappa shape index (κ1) is 18.1. The van der Waals surface area contributed by atoms with Crippen molar-refractivity contribution in [2.75, 3.05) is 0 Å². The van der Waals surface area contributed by atoms with Crippen LogP contribution in [0.2, 0.25) is 0 Å². The van der Waals surface area contributed by atoms with Crippen molar-refractivity contribution < 1.29 is 9.53 Å². The highest BCUT2D eigenvalue weighted by Crippen LogP contribution is 2.23. The number of nitriles is 1. The highest BCUT2D eigenvalue weighted by Gasteiger charge is 2.18. The van der Waals surface area contributed by atoms with Gasteiger partial charge in [0.1, 0.15) is 17.4 Å². The van der Waals surface area contributed by atoms with Crippen LogP contribution in [0.15, 0.2) is 29.8 Å². The quantitative estimate of drug-likeness (QED) is 0.629. The van der Waals surface area contributed by atoms with Crippen molar-refractivity contribution in [3.63, 3.8) is 0 Å². The van der Waals surface area contributed by atoms with Crippen molar-refractivity contribution in [1.29, 1.82) is 5.26 Å². The molecule has 1 aliphatic carbocycles. The number of nitrogens with zero attached hydrogens (tertiary/aromatic N) is 1. The Kier molecular flexibility index (Phi) is 6.87. The Morgan fingerprint density at radius 2 is 2.08 bits per heavy atom. The van der Waals surface area contributed by atoms with E-state index in [1.165, 1.54) is 6.42 Å². The molecular weight excluding hydrogens is 300 g/mol. The Labute approximate surface area is 144 Å². The van der Waals surface area contributed by atoms with Gasteiger partial charge in [-0.05, 0) is 38.3 Å². The lowest BCUT2D eigenvalue weighted by Crippen LogP contribution is -2.36. The first-order valence-electron chi connectivity index (χ1n) is 8.82. The lowest BCUT2D eigenvalue weighted by molar-refractivity contribution is -0.117. The summed E-state index contributed by atoms with van der Waals surface area (Å²) in [6.07, 6.45) is 8.11. The predicted octanol–water partition coefficient (Wildman–Crippen LogP) is 4.22. The minimum absolute atomic E-state index is 0.0844. The molecule has 4 nitrogen and oxygen atoms in total. The van der Waals surface area contributed by atoms with E-state index in [2.05, 4.69) is 12.2 Å². The predicted molar refractivity (Wildman–Crippen MR) is 95.4 cm³/mol. The fourth-order valence-electron chi connectivity index (χ4n) is 2.82. The van der Waals surface area contributed by atoms with E-state index in [0.717, 1.165) is 37.7 Å². The lowest BCUT2D eigenvalue weighted by atomic mass is 9.95. The van der Waals surface area contributed by atoms with Crippen molar-refractivity contribution in [3.05, 3.63) is 35.4 Å². The number of para-hydroxylation sites is 1. The Morgan fingerprint density at radius 3 is 2.75 bits per heavy atom. The molecule has 1 amide bonds. The number of hydrogen-bond acceptors (Lipinski definition) is 3. The van der Waals surface area contributed by atoms with Crippen molar-refractivity contribution in [2.24, 2.45) is 0 Å². The van der Waals surface area contributed by atoms with E-state index in [-0.39, 0.29) is 23.6 Å². The van der Waals surface area contributed by atoms with Crippen molar-refractivity contribution in [2.45, 2.75) is 64.5 Å². The Morgan fingerprint density at radius 1 is 1.38 bits per heavy atom. The monoisotopic (exact) mass is 326 g/mol. The zero-order chi connectivity index (χ0) is 17.4. The van der Waals surface area contributed by atoms with E-state index in [1.807, 2.05) is 37.3 Å². The van der Waals surface area contributed by atoms with Crippen LogP contribution in [-0.4, -0.2) is 18.1 Å². The van der Waals surface area contributed by atoms with Gasteiger partial charge in [0, 0.05) is 11.6 Å². The fourth-order valence-corrected chi connectivity index (χ4v) is 2.82. The fraction of sp³-hybridized carbons (Fsp3) is 0.500. The molecule has 1 fully saturated rings. The average molecular weight is 326 g/mol. The third-order valence-corrected chi connectivity index (χ3v) is 4.43. The first-order valence-corrected chi connectivity index (χ1v) is 8.82. The molecule has 2 rings (SSSR count). The maximum absolute atomic E-state index is 12.4. The minimum Gasteiger partial charge on any atom is -0.490 e. The summed E-state index contributed by atoms with van der Waals surface area (Å²) in [6.45, 7) is 4.06. The second-order valence-corrected chi connectivity index (χ2v) is 6.35. The van der Waals surface area contributed by atoms with E-state index in [4.69, 9.17) is 4.74 Å². The molecule has 1 N–H and O–H groups in total. The van der Waals surface area contributed by atoms with Gasteiger partial charge in [0.05, 0.1) is 6.10 Å². The number of nitrogens with one attached hydrogen (secondary N) is 1. The van der Waals surface area contributed by atoms with Crippen molar-refractivity contribution in [1.82, 2.24) is 5.32 Å². The van der Waals surface area contributed by atoms with Gasteiger partial charge in [0.2, 0.25) is 0 Å². The van der Waals surface area contributed by atoms with Crippen LogP contribution in [-0.2, 0) is 4.79 Å². The Balaban J connectivity index is 2.14. The first-order chi connectivity index (χ1) is 11.6. The van der Waals surface area contributed by atoms with E-state index in [1.54, 1.807) is 6.08 Å². The number of benzene rings is 1. The van der Waals surface area contributed by atoms with Gasteiger partial charge in [0.15, 0.2) is 0 Å². The van der Waals surface area contributed by atoms with Gasteiger partial charge in [0.25, 0.3) is 5.91 Å². The summed E-state index contributed by atoms with van der Waals surface area (Å²) in [5.41, 5.74) is 0.883. The molecule has 0 spiro atoms. The Hall–Kier alpha value is -2.28. The van der Waals surface area contributed by atoms with Crippen molar-refractivity contribution in [3.8, 4) is 11.8 Å². The van der Waals surface area contributed by atoms with Crippen LogP contribution >= 0.6 is 0 Å². The van der Waals surface area contributed by atoms with E-state index in [0.29, 0.717) is 5.75 Å². The highest BCUT2D eigenvalue weighted by molar-refractivity contribution is 6.02. The standard InChI is InChI=1S/C20H26N2O2/c1-3-15(2)24-19-12-8-7-9-16(19)13-17(14-21)20(23)22-18-10-5-4-6-11-18/h7-9,12-13,15,18H,3-6,10-11H2,1-2H3,(H,22,23)/b17-13+/t15-/m0/s1. The molecule has 0 heterocycles. The van der Waals surface area contributed by atoms with E-state index >= 15 is 0 Å². The molecule has 0 saturated heterocycles. The van der Waals surface area contributed by atoms with Gasteiger partial charge in [-0.2, -0.15) is 5.26 Å². The maximum atomic E-state index is 12.4. The maximum Gasteiger partial charge on any atom is 0.262 e. The molecule has 24 heavy (non-hydrogen) atoms. The third-order valence-electron chi connectivity index (χ3n) is 4.43. The van der Waals surface area contributed by atoms with Crippen LogP contribution in [0.4, 0.5) is 0 Å². The molecule has 4 heteroatoms. The van der Waals surface area contributed by atoms with Gasteiger partial charge in [-0.15, -0.1) is 0 Å². The molecule has 0 bridgehead atoms. The molecule has 1 aromatic rings. The summed E-state index contributed by atoms with van der Waals surface area (Å²) >= 11 is 0. The summed E-state index contributed by atoms with van der Waals surface area (Å²) in [5.74, 6) is 0.410. The lowest BCUT2D eigenvalue weighted by Gasteiger charge is -2.22. The second-order valence-electron chi connectivity index (χ2n) is 6.35. The average Bonchev–Trinajstić information content (AvgIpc) is 2.61. The highest BCUT2D eigenvalue weighted by atomic mass is 16.5. The molecule has 0 radical (unpaired) electrons. The summed E-state index contributed by atoms with van der Waals surface area (Å²) in [4.78, 5) is 12.4. The van der Waals surface area contributed by atoms with Crippen LogP contribution in [0, 0.1) is 11.3 Å². The molecule has 0 unspecified atom stereocenters. The molecule has 0 aromatic heterocycles. The number of amides is 1. The second kappa shape index (κ2) is 9.12. The molecule has 128 valence electrons. The number of ether oxygens (including phenoxy) is 1. The van der Waals surface area contributed by atoms with Gasteiger partial charge in [-0.3, -0.25) is 4.79 Å². The van der Waals surface area contributed by atoms with E-state index in [9.17, 15) is 10.1 Å². The largest absolute Gasteiger partial charge is 0.490 e. The minimum atomic E-state index is -0.289. The van der Waals surface area contributed by atoms with Crippen LogP contribution in [0.25, 0.3) is 6.08 Å². The summed E-state index contributed by atoms with van der Waals surface area (Å²) < 4.78 is 5.88. The van der Waals surface area contributed by atoms with Crippen LogP contribution in [0.1, 0.15) is 57.9 Å². The molecule has 1 aromatic carbocycles. The zero-order valence-corrected chi connectivity index (χ0v) is 14.5. The van der Waals surface area contributed by atoms with Crippen molar-refractivity contribution >= 4 is 12.0 Å². The molecule has 0 aliphatic heterocycles. The smallest absolute Gasteiger partial charge is 0.262 e. The number of carbonyl (C=O) groups is 1. The SMILES string of the molecule is CC[C@H](C)Oc1ccccc1/C=C(\C#N)C(=O)NC1CCCCC1. The molecule has 1 aliphatic rings. The summed E-state index contributed by atoms with van der Waals surface area (Å²) in [5, 5.41) is 12.4. The van der Waals surface area contributed by atoms with Crippen LogP contribution in [0.5, 0.6) is 5.75 Å². The van der Waals surface area contributed by atoms with Crippen LogP contribution in [0.3, 0.4) is 0 Å². The van der Waals surface area contributed by atoms with E-state index < -0.39 is 0 Å². The number of carbonyl (C=O) groups excluding carboxylic acids is 1. The van der Waals surface area contributed by atoms with Crippen LogP contribution < -0.4 is 10.1 Å². The number of rotatable bonds is 6. The van der Waals surface area contributed by atoms with Gasteiger partial charge in [-0.1, -0.05) is 44.4 Å². The Bertz CT molecular complexity index is 625. The van der Waals surface area contributed by atoms with Gasteiger partial charge < -0.3 is 10.1 Å². The third kappa shape index (κ3) is 5.13. The van der Waals surface area contributed by atoms with Gasteiger partial charge >= 0.3 is 0 Å². The topological polar surface area (TPSA) is 62.1 Å². The molecular formula is C20H26N2O2. The van der Waals surface area contributed by atoms with Gasteiger partial charge in [-0.25, -0.2) is 0 Å². The molecule has 1 atom stereocenters. The normalized spacial score (nSPS) is 17.0. The number of hydrogen-bond donors (Lipinski definition) is 1. The zero-order valence-electron chi connectivity index (χ0n) is 14.5.